The first-order chi connectivity index (χ1) is 13.7. The van der Waals surface area contributed by atoms with Gasteiger partial charge < -0.3 is 19.7 Å². The second-order valence-electron chi connectivity index (χ2n) is 6.28. The third-order valence-corrected chi connectivity index (χ3v) is 4.39. The molecule has 0 radical (unpaired) electrons. The van der Waals surface area contributed by atoms with E-state index >= 15 is 0 Å². The van der Waals surface area contributed by atoms with E-state index in [1.807, 2.05) is 12.1 Å². The number of fused-ring (bicyclic) bond motifs is 1. The van der Waals surface area contributed by atoms with Crippen LogP contribution in [0.15, 0.2) is 30.3 Å². The van der Waals surface area contributed by atoms with E-state index in [0.717, 1.165) is 30.3 Å². The summed E-state index contributed by atoms with van der Waals surface area (Å²) in [5.41, 5.74) is 2.88. The maximum Gasteiger partial charge on any atom is 0.414 e. The predicted octanol–water partition coefficient (Wildman–Crippen LogP) is 2.70. The zero-order valence-electron chi connectivity index (χ0n) is 15.9. The summed E-state index contributed by atoms with van der Waals surface area (Å²) in [6, 6.07) is 7.71. The van der Waals surface area contributed by atoms with E-state index in [1.165, 1.54) is 17.7 Å². The van der Waals surface area contributed by atoms with Crippen molar-refractivity contribution in [1.29, 1.82) is 0 Å². The van der Waals surface area contributed by atoms with Gasteiger partial charge in [-0.15, -0.1) is 0 Å². The molecule has 1 aliphatic rings. The monoisotopic (exact) mass is 409 g/mol. The summed E-state index contributed by atoms with van der Waals surface area (Å²) in [5, 5.41) is 14.8. The van der Waals surface area contributed by atoms with E-state index in [0.29, 0.717) is 24.4 Å². The molecule has 29 heavy (non-hydrogen) atoms. The van der Waals surface area contributed by atoms with Gasteiger partial charge in [0.15, 0.2) is 11.5 Å². The molecule has 9 heteroatoms. The Morgan fingerprint density at radius 1 is 1.00 bits per heavy atom. The minimum atomic E-state index is -1.82. The minimum Gasteiger partial charge on any atom is -0.493 e. The van der Waals surface area contributed by atoms with E-state index in [1.54, 1.807) is 14.2 Å². The molecule has 0 saturated heterocycles. The number of methoxy groups -OCH3 is 2. The standard InChI is InChI=1S/C18H19F2NO2.C2H2O4/c1-22-17-7-12-5-6-21(11-14(12)8-18(17)23-2)10-13-3-4-15(19)9-16(13)20;3-1(4)2(5)6/h3-4,7-9H,5-6,10-11H2,1-2H3;(H,3,4)(H,5,6). The number of ether oxygens (including phenoxy) is 2. The van der Waals surface area contributed by atoms with Gasteiger partial charge in [0.25, 0.3) is 0 Å². The number of carboxylic acids is 2. The highest BCUT2D eigenvalue weighted by Gasteiger charge is 2.20. The van der Waals surface area contributed by atoms with Crippen molar-refractivity contribution in [3.05, 3.63) is 58.7 Å². The van der Waals surface area contributed by atoms with Crippen LogP contribution in [0.4, 0.5) is 8.78 Å². The minimum absolute atomic E-state index is 0.458. The van der Waals surface area contributed by atoms with Gasteiger partial charge in [-0.2, -0.15) is 0 Å². The predicted molar refractivity (Wildman–Crippen MR) is 99.0 cm³/mol. The molecule has 0 aromatic heterocycles. The average Bonchev–Trinajstić information content (AvgIpc) is 2.69. The van der Waals surface area contributed by atoms with Crippen LogP contribution in [0.3, 0.4) is 0 Å². The Kier molecular flexibility index (Phi) is 7.49. The maximum absolute atomic E-state index is 13.8. The highest BCUT2D eigenvalue weighted by molar-refractivity contribution is 6.27. The first-order valence-corrected chi connectivity index (χ1v) is 8.61. The lowest BCUT2D eigenvalue weighted by atomic mass is 9.98. The molecule has 0 amide bonds. The van der Waals surface area contributed by atoms with Crippen molar-refractivity contribution in [3.63, 3.8) is 0 Å². The normalized spacial score (nSPS) is 13.0. The number of hydrogen-bond acceptors (Lipinski definition) is 5. The van der Waals surface area contributed by atoms with Crippen LogP contribution in [0.2, 0.25) is 0 Å². The quantitative estimate of drug-likeness (QED) is 0.750. The molecule has 0 fully saturated rings. The number of halogens is 2. The summed E-state index contributed by atoms with van der Waals surface area (Å²) in [6.45, 7) is 1.98. The Labute approximate surface area is 166 Å². The summed E-state index contributed by atoms with van der Waals surface area (Å²) >= 11 is 0. The van der Waals surface area contributed by atoms with Gasteiger partial charge in [-0.1, -0.05) is 6.07 Å². The van der Waals surface area contributed by atoms with E-state index in [2.05, 4.69) is 4.90 Å². The molecule has 2 aromatic rings. The lowest BCUT2D eigenvalue weighted by Crippen LogP contribution is -2.30. The van der Waals surface area contributed by atoms with Crippen LogP contribution in [-0.4, -0.2) is 47.8 Å². The second-order valence-corrected chi connectivity index (χ2v) is 6.28. The molecular formula is C20H21F2NO6. The number of carboxylic acid groups (broad SMARTS) is 2. The third-order valence-electron chi connectivity index (χ3n) is 4.39. The van der Waals surface area contributed by atoms with Crippen molar-refractivity contribution >= 4 is 11.9 Å². The summed E-state index contributed by atoms with van der Waals surface area (Å²) in [4.78, 5) is 20.3. The van der Waals surface area contributed by atoms with Crippen molar-refractivity contribution in [2.75, 3.05) is 20.8 Å². The van der Waals surface area contributed by atoms with Crippen LogP contribution >= 0.6 is 0 Å². The van der Waals surface area contributed by atoms with Crippen LogP contribution in [0.5, 0.6) is 11.5 Å². The van der Waals surface area contributed by atoms with Crippen molar-refractivity contribution in [1.82, 2.24) is 4.90 Å². The van der Waals surface area contributed by atoms with Gasteiger partial charge >= 0.3 is 11.9 Å². The number of nitrogens with zero attached hydrogens (tertiary/aromatic N) is 1. The molecule has 0 saturated carbocycles. The van der Waals surface area contributed by atoms with Gasteiger partial charge in [-0.25, -0.2) is 18.4 Å². The molecule has 0 spiro atoms. The molecule has 7 nitrogen and oxygen atoms in total. The molecule has 1 heterocycles. The first kappa shape index (κ1) is 22.1. The van der Waals surface area contributed by atoms with Gasteiger partial charge in [0.05, 0.1) is 14.2 Å². The van der Waals surface area contributed by atoms with Crippen molar-refractivity contribution in [2.45, 2.75) is 19.5 Å². The fraction of sp³-hybridized carbons (Fsp3) is 0.300. The molecule has 0 atom stereocenters. The molecular weight excluding hydrogens is 388 g/mol. The smallest absolute Gasteiger partial charge is 0.414 e. The van der Waals surface area contributed by atoms with Crippen LogP contribution in [0.25, 0.3) is 0 Å². The molecule has 2 aromatic carbocycles. The number of rotatable bonds is 4. The topological polar surface area (TPSA) is 96.3 Å². The molecule has 2 N–H and O–H groups in total. The zero-order chi connectivity index (χ0) is 21.6. The maximum atomic E-state index is 13.8. The van der Waals surface area contributed by atoms with Crippen molar-refractivity contribution < 1.29 is 38.1 Å². The summed E-state index contributed by atoms with van der Waals surface area (Å²) in [5.74, 6) is -3.27. The highest BCUT2D eigenvalue weighted by atomic mass is 19.1. The van der Waals surface area contributed by atoms with E-state index < -0.39 is 23.6 Å². The Morgan fingerprint density at radius 3 is 2.10 bits per heavy atom. The van der Waals surface area contributed by atoms with Gasteiger partial charge in [-0.05, 0) is 35.7 Å². The van der Waals surface area contributed by atoms with Crippen molar-refractivity contribution in [3.8, 4) is 11.5 Å². The second kappa shape index (κ2) is 9.83. The first-order valence-electron chi connectivity index (χ1n) is 8.61. The molecule has 0 bridgehead atoms. The SMILES string of the molecule is COc1cc2c(cc1OC)CN(Cc1ccc(F)cc1F)CC2.O=C(O)C(=O)O. The lowest BCUT2D eigenvalue weighted by molar-refractivity contribution is -0.159. The lowest BCUT2D eigenvalue weighted by Gasteiger charge is -2.29. The molecule has 0 aliphatic carbocycles. The average molecular weight is 409 g/mol. The number of aliphatic carboxylic acids is 2. The Balaban J connectivity index is 0.000000438. The molecule has 0 unspecified atom stereocenters. The highest BCUT2D eigenvalue weighted by Crippen LogP contribution is 2.33. The molecule has 3 rings (SSSR count). The number of hydrogen-bond donors (Lipinski definition) is 2. The van der Waals surface area contributed by atoms with Crippen LogP contribution in [0, 0.1) is 11.6 Å². The van der Waals surface area contributed by atoms with Gasteiger partial charge in [0.1, 0.15) is 11.6 Å². The van der Waals surface area contributed by atoms with E-state index in [4.69, 9.17) is 29.3 Å². The number of benzene rings is 2. The van der Waals surface area contributed by atoms with Crippen molar-refractivity contribution in [2.24, 2.45) is 0 Å². The zero-order valence-corrected chi connectivity index (χ0v) is 15.9. The Bertz CT molecular complexity index is 891. The van der Waals surface area contributed by atoms with Crippen LogP contribution in [-0.2, 0) is 29.1 Å². The van der Waals surface area contributed by atoms with E-state index in [9.17, 15) is 8.78 Å². The molecule has 1 aliphatic heterocycles. The fourth-order valence-corrected chi connectivity index (χ4v) is 2.97. The fourth-order valence-electron chi connectivity index (χ4n) is 2.97. The summed E-state index contributed by atoms with van der Waals surface area (Å²) in [6.07, 6.45) is 0.860. The van der Waals surface area contributed by atoms with Gasteiger partial charge in [0, 0.05) is 31.3 Å². The van der Waals surface area contributed by atoms with Gasteiger partial charge in [0.2, 0.25) is 0 Å². The van der Waals surface area contributed by atoms with Crippen LogP contribution < -0.4 is 9.47 Å². The largest absolute Gasteiger partial charge is 0.493 e. The van der Waals surface area contributed by atoms with E-state index in [-0.39, 0.29) is 0 Å². The summed E-state index contributed by atoms with van der Waals surface area (Å²) < 4.78 is 37.5. The Morgan fingerprint density at radius 2 is 1.59 bits per heavy atom. The number of carbonyl (C=O) groups is 2. The summed E-state index contributed by atoms with van der Waals surface area (Å²) in [7, 11) is 3.23. The Hall–Kier alpha value is -3.20. The van der Waals surface area contributed by atoms with Gasteiger partial charge in [-0.3, -0.25) is 4.90 Å². The third kappa shape index (κ3) is 5.89. The molecule has 156 valence electrons. The van der Waals surface area contributed by atoms with Crippen LogP contribution in [0.1, 0.15) is 16.7 Å².